The Labute approximate surface area is 74.9 Å². The molecular weight excluding hydrogens is 176 g/mol. The summed E-state index contributed by atoms with van der Waals surface area (Å²) in [6, 6.07) is 0. The van der Waals surface area contributed by atoms with Gasteiger partial charge in [-0.2, -0.15) is 0 Å². The number of aliphatic hydroxyl groups is 3. The van der Waals surface area contributed by atoms with E-state index in [2.05, 4.69) is 0 Å². The van der Waals surface area contributed by atoms with Gasteiger partial charge in [0, 0.05) is 6.42 Å². The van der Waals surface area contributed by atoms with Crippen LogP contribution in [0.5, 0.6) is 0 Å². The van der Waals surface area contributed by atoms with Crippen LogP contribution >= 0.6 is 0 Å². The third kappa shape index (κ3) is 1.58. The molecule has 1 aliphatic carbocycles. The fourth-order valence-corrected chi connectivity index (χ4v) is 1.46. The molecule has 0 saturated heterocycles. The largest absolute Gasteiger partial charge is 0.479 e. The zero-order chi connectivity index (χ0) is 10.2. The Hall–Kier alpha value is -0.910. The summed E-state index contributed by atoms with van der Waals surface area (Å²) in [5, 5.41) is 36.6. The van der Waals surface area contributed by atoms with Gasteiger partial charge in [0.05, 0.1) is 0 Å². The highest BCUT2D eigenvalue weighted by Gasteiger charge is 2.48. The van der Waals surface area contributed by atoms with Gasteiger partial charge in [-0.25, -0.2) is 4.79 Å². The van der Waals surface area contributed by atoms with Crippen LogP contribution < -0.4 is 0 Å². The van der Waals surface area contributed by atoms with Crippen molar-refractivity contribution in [3.63, 3.8) is 0 Å². The second-order valence-corrected chi connectivity index (χ2v) is 3.35. The molecule has 0 radical (unpaired) electrons. The van der Waals surface area contributed by atoms with Crippen molar-refractivity contribution in [3.8, 4) is 0 Å². The molecule has 0 heterocycles. The molecule has 5 nitrogen and oxygen atoms in total. The Bertz CT molecular complexity index is 259. The van der Waals surface area contributed by atoms with E-state index in [4.69, 9.17) is 5.11 Å². The first-order valence-electron chi connectivity index (χ1n) is 3.87. The maximum Gasteiger partial charge on any atom is 0.338 e. The van der Waals surface area contributed by atoms with Gasteiger partial charge >= 0.3 is 5.97 Å². The molecule has 0 fully saturated rings. The Balaban J connectivity index is 3.02. The van der Waals surface area contributed by atoms with Gasteiger partial charge in [-0.05, 0) is 6.92 Å². The molecule has 4 N–H and O–H groups in total. The lowest BCUT2D eigenvalue weighted by molar-refractivity contribution is -0.180. The molecule has 3 unspecified atom stereocenters. The molecule has 0 spiro atoms. The van der Waals surface area contributed by atoms with Crippen LogP contribution in [-0.4, -0.2) is 44.2 Å². The molecule has 74 valence electrons. The van der Waals surface area contributed by atoms with Gasteiger partial charge in [0.2, 0.25) is 0 Å². The average molecular weight is 188 g/mol. The highest BCUT2D eigenvalue weighted by atomic mass is 16.4. The second-order valence-electron chi connectivity index (χ2n) is 3.35. The van der Waals surface area contributed by atoms with Crippen molar-refractivity contribution in [1.82, 2.24) is 0 Å². The zero-order valence-corrected chi connectivity index (χ0v) is 7.14. The van der Waals surface area contributed by atoms with Gasteiger partial charge in [-0.1, -0.05) is 11.6 Å². The fraction of sp³-hybridized carbons (Fsp3) is 0.625. The van der Waals surface area contributed by atoms with Crippen molar-refractivity contribution in [2.75, 3.05) is 0 Å². The van der Waals surface area contributed by atoms with E-state index < -0.39 is 23.8 Å². The zero-order valence-electron chi connectivity index (χ0n) is 7.14. The summed E-state index contributed by atoms with van der Waals surface area (Å²) in [5.41, 5.74) is -1.72. The Morgan fingerprint density at radius 2 is 2.15 bits per heavy atom. The van der Waals surface area contributed by atoms with E-state index in [9.17, 15) is 20.1 Å². The molecule has 1 rings (SSSR count). The molecular formula is C8H12O5. The van der Waals surface area contributed by atoms with Crippen molar-refractivity contribution in [1.29, 1.82) is 0 Å². The van der Waals surface area contributed by atoms with E-state index >= 15 is 0 Å². The Morgan fingerprint density at radius 3 is 2.62 bits per heavy atom. The standard InChI is InChI=1S/C8H12O5/c1-4-2-5(9)6(10)8(13,3-4)7(11)12/h2,5-6,9-10,13H,3H2,1H3,(H,11,12). The van der Waals surface area contributed by atoms with Crippen LogP contribution in [0.4, 0.5) is 0 Å². The number of carboxylic acids is 1. The van der Waals surface area contributed by atoms with Crippen molar-refractivity contribution >= 4 is 5.97 Å². The van der Waals surface area contributed by atoms with Crippen molar-refractivity contribution < 1.29 is 25.2 Å². The molecule has 0 aliphatic heterocycles. The first kappa shape index (κ1) is 10.2. The lowest BCUT2D eigenvalue weighted by atomic mass is 9.81. The van der Waals surface area contributed by atoms with Crippen molar-refractivity contribution in [2.45, 2.75) is 31.2 Å². The molecule has 0 aromatic carbocycles. The molecule has 0 saturated carbocycles. The van der Waals surface area contributed by atoms with E-state index in [1.54, 1.807) is 6.92 Å². The maximum atomic E-state index is 10.6. The summed E-state index contributed by atoms with van der Waals surface area (Å²) in [7, 11) is 0. The SMILES string of the molecule is CC1=CC(O)C(O)C(O)(C(=O)O)C1. The van der Waals surface area contributed by atoms with E-state index in [1.165, 1.54) is 6.08 Å². The monoisotopic (exact) mass is 188 g/mol. The van der Waals surface area contributed by atoms with E-state index in [1.807, 2.05) is 0 Å². The lowest BCUT2D eigenvalue weighted by Crippen LogP contribution is -2.56. The number of carboxylic acid groups (broad SMARTS) is 1. The predicted octanol–water partition coefficient (Wildman–Crippen LogP) is -1.13. The predicted molar refractivity (Wildman–Crippen MR) is 43.0 cm³/mol. The number of hydrogen-bond acceptors (Lipinski definition) is 4. The van der Waals surface area contributed by atoms with Gasteiger partial charge in [-0.3, -0.25) is 0 Å². The third-order valence-corrected chi connectivity index (χ3v) is 2.19. The maximum absolute atomic E-state index is 10.6. The smallest absolute Gasteiger partial charge is 0.338 e. The van der Waals surface area contributed by atoms with Gasteiger partial charge in [0.15, 0.2) is 5.60 Å². The van der Waals surface area contributed by atoms with Crippen LogP contribution in [0.1, 0.15) is 13.3 Å². The summed E-state index contributed by atoms with van der Waals surface area (Å²) in [6.07, 6.45) is -1.83. The topological polar surface area (TPSA) is 98.0 Å². The Morgan fingerprint density at radius 1 is 1.62 bits per heavy atom. The van der Waals surface area contributed by atoms with E-state index in [0.29, 0.717) is 5.57 Å². The molecule has 3 atom stereocenters. The minimum atomic E-state index is -2.27. The quantitative estimate of drug-likeness (QED) is 0.390. The van der Waals surface area contributed by atoms with Gasteiger partial charge in [-0.15, -0.1) is 0 Å². The lowest BCUT2D eigenvalue weighted by Gasteiger charge is -2.34. The summed E-state index contributed by atoms with van der Waals surface area (Å²) in [5.74, 6) is -1.52. The van der Waals surface area contributed by atoms with Crippen LogP contribution in [-0.2, 0) is 4.79 Å². The normalized spacial score (nSPS) is 39.8. The highest BCUT2D eigenvalue weighted by molar-refractivity contribution is 5.79. The summed E-state index contributed by atoms with van der Waals surface area (Å²) < 4.78 is 0. The molecule has 13 heavy (non-hydrogen) atoms. The van der Waals surface area contributed by atoms with Crippen LogP contribution in [0.15, 0.2) is 11.6 Å². The molecule has 5 heteroatoms. The number of hydrogen-bond donors (Lipinski definition) is 4. The molecule has 0 aromatic heterocycles. The van der Waals surface area contributed by atoms with E-state index in [0.717, 1.165) is 0 Å². The van der Waals surface area contributed by atoms with Gasteiger partial charge < -0.3 is 20.4 Å². The van der Waals surface area contributed by atoms with Crippen molar-refractivity contribution in [2.24, 2.45) is 0 Å². The average Bonchev–Trinajstić information content (AvgIpc) is 1.99. The van der Waals surface area contributed by atoms with Crippen LogP contribution in [0, 0.1) is 0 Å². The summed E-state index contributed by atoms with van der Waals surface area (Å²) >= 11 is 0. The number of rotatable bonds is 1. The summed E-state index contributed by atoms with van der Waals surface area (Å²) in [6.45, 7) is 1.59. The van der Waals surface area contributed by atoms with Crippen LogP contribution in [0.2, 0.25) is 0 Å². The molecule has 0 bridgehead atoms. The first-order chi connectivity index (χ1) is 5.88. The minimum Gasteiger partial charge on any atom is -0.479 e. The molecule has 1 aliphatic rings. The van der Waals surface area contributed by atoms with Gasteiger partial charge in [0.1, 0.15) is 12.2 Å². The van der Waals surface area contributed by atoms with E-state index in [-0.39, 0.29) is 6.42 Å². The second kappa shape index (κ2) is 3.10. The van der Waals surface area contributed by atoms with Crippen LogP contribution in [0.25, 0.3) is 0 Å². The number of aliphatic hydroxyl groups excluding tert-OH is 2. The Kier molecular flexibility index (Phi) is 2.42. The fourth-order valence-electron chi connectivity index (χ4n) is 1.46. The van der Waals surface area contributed by atoms with Crippen molar-refractivity contribution in [3.05, 3.63) is 11.6 Å². The molecule has 0 amide bonds. The first-order valence-corrected chi connectivity index (χ1v) is 3.87. The minimum absolute atomic E-state index is 0.166. The van der Waals surface area contributed by atoms with Crippen LogP contribution in [0.3, 0.4) is 0 Å². The summed E-state index contributed by atoms with van der Waals surface area (Å²) in [4.78, 5) is 10.6. The highest BCUT2D eigenvalue weighted by Crippen LogP contribution is 2.28. The number of carbonyl (C=O) groups is 1. The number of aliphatic carboxylic acids is 1. The third-order valence-electron chi connectivity index (χ3n) is 2.19. The van der Waals surface area contributed by atoms with Gasteiger partial charge in [0.25, 0.3) is 0 Å². The molecule has 0 aromatic rings.